The Morgan fingerprint density at radius 3 is 2.54 bits per heavy atom. The SMILES string of the molecule is Cc1noc(C)c1-c1cc2ncc3[nH]c(=O)n(-c4ccccc4C(F)(F)F)c3c2cc1N(C)C(=O)CC(N)=O. The molecule has 0 saturated heterocycles. The summed E-state index contributed by atoms with van der Waals surface area (Å²) in [4.78, 5) is 45.6. The molecule has 13 heteroatoms. The highest BCUT2D eigenvalue weighted by molar-refractivity contribution is 6.11. The molecule has 200 valence electrons. The maximum Gasteiger partial charge on any atom is 0.418 e. The lowest BCUT2D eigenvalue weighted by atomic mass is 9.98. The van der Waals surface area contributed by atoms with Gasteiger partial charge in [-0.1, -0.05) is 17.3 Å². The average molecular weight is 538 g/mol. The van der Waals surface area contributed by atoms with Gasteiger partial charge in [-0.2, -0.15) is 13.2 Å². The van der Waals surface area contributed by atoms with Crippen molar-refractivity contribution >= 4 is 39.4 Å². The van der Waals surface area contributed by atoms with Crippen molar-refractivity contribution in [3.05, 3.63) is 70.1 Å². The van der Waals surface area contributed by atoms with Crippen LogP contribution in [-0.4, -0.2) is 38.6 Å². The number of hydrogen-bond acceptors (Lipinski definition) is 6. The molecule has 2 aromatic carbocycles. The molecule has 0 atom stereocenters. The van der Waals surface area contributed by atoms with E-state index in [1.165, 1.54) is 42.4 Å². The highest BCUT2D eigenvalue weighted by atomic mass is 19.4. The van der Waals surface area contributed by atoms with Crippen molar-refractivity contribution in [2.75, 3.05) is 11.9 Å². The second kappa shape index (κ2) is 9.11. The lowest BCUT2D eigenvalue weighted by Crippen LogP contribution is -2.31. The molecule has 10 nitrogen and oxygen atoms in total. The Kier molecular flexibility index (Phi) is 6.01. The van der Waals surface area contributed by atoms with Gasteiger partial charge in [0, 0.05) is 23.6 Å². The van der Waals surface area contributed by atoms with Crippen LogP contribution < -0.4 is 16.3 Å². The fourth-order valence-electron chi connectivity index (χ4n) is 4.70. The third-order valence-corrected chi connectivity index (χ3v) is 6.44. The number of primary amides is 1. The Morgan fingerprint density at radius 2 is 1.90 bits per heavy atom. The number of nitrogens with zero attached hydrogens (tertiary/aromatic N) is 4. The zero-order valence-electron chi connectivity index (χ0n) is 20.9. The number of carbonyl (C=O) groups excluding carboxylic acids is 2. The smallest absolute Gasteiger partial charge is 0.369 e. The number of alkyl halides is 3. The normalized spacial score (nSPS) is 11.8. The predicted octanol–water partition coefficient (Wildman–Crippen LogP) is 4.00. The molecule has 3 aromatic heterocycles. The summed E-state index contributed by atoms with van der Waals surface area (Å²) in [6.07, 6.45) is -3.96. The van der Waals surface area contributed by atoms with Crippen LogP contribution in [0.25, 0.3) is 38.8 Å². The Balaban J connectivity index is 1.89. The molecule has 2 amide bonds. The van der Waals surface area contributed by atoms with E-state index in [0.717, 1.165) is 10.6 Å². The number of anilines is 1. The monoisotopic (exact) mass is 538 g/mol. The van der Waals surface area contributed by atoms with Gasteiger partial charge in [0.2, 0.25) is 11.8 Å². The molecular weight excluding hydrogens is 517 g/mol. The maximum absolute atomic E-state index is 13.9. The van der Waals surface area contributed by atoms with Gasteiger partial charge >= 0.3 is 11.9 Å². The van der Waals surface area contributed by atoms with Gasteiger partial charge in [-0.15, -0.1) is 0 Å². The van der Waals surface area contributed by atoms with Crippen molar-refractivity contribution in [1.29, 1.82) is 0 Å². The van der Waals surface area contributed by atoms with Gasteiger partial charge < -0.3 is 20.1 Å². The van der Waals surface area contributed by atoms with Crippen molar-refractivity contribution in [3.63, 3.8) is 0 Å². The first kappa shape index (κ1) is 25.7. The summed E-state index contributed by atoms with van der Waals surface area (Å²) in [5.41, 5.74) is 5.55. The van der Waals surface area contributed by atoms with Crippen molar-refractivity contribution in [3.8, 4) is 16.8 Å². The molecule has 0 radical (unpaired) electrons. The second-order valence-corrected chi connectivity index (χ2v) is 8.98. The molecule has 0 aliphatic rings. The van der Waals surface area contributed by atoms with Crippen molar-refractivity contribution in [2.45, 2.75) is 26.4 Å². The number of nitrogens with one attached hydrogen (secondary N) is 1. The number of benzene rings is 2. The number of nitrogens with two attached hydrogens (primary N) is 1. The minimum atomic E-state index is -4.73. The molecular formula is C26H21F3N6O4. The van der Waals surface area contributed by atoms with E-state index in [2.05, 4.69) is 15.1 Å². The Bertz CT molecular complexity index is 1830. The number of aryl methyl sites for hydroxylation is 2. The topological polar surface area (TPSA) is 140 Å². The first-order valence-electron chi connectivity index (χ1n) is 11.6. The average Bonchev–Trinajstić information content (AvgIpc) is 3.39. The number of amides is 2. The van der Waals surface area contributed by atoms with Crippen LogP contribution >= 0.6 is 0 Å². The van der Waals surface area contributed by atoms with Gasteiger partial charge in [0.05, 0.1) is 45.4 Å². The van der Waals surface area contributed by atoms with Crippen molar-refractivity contribution in [1.82, 2.24) is 19.7 Å². The molecule has 0 bridgehead atoms. The third kappa shape index (κ3) is 4.31. The molecule has 0 aliphatic carbocycles. The van der Waals surface area contributed by atoms with E-state index >= 15 is 0 Å². The number of rotatable bonds is 5. The van der Waals surface area contributed by atoms with Gasteiger partial charge in [-0.3, -0.25) is 19.1 Å². The standard InChI is InChI=1S/C26H21F3N6O4/c1-12-23(13(2)39-33-12)15-8-17-14(9-20(15)34(3)22(37)10-21(30)36)24-18(11-31-17)32-25(38)35(24)19-7-5-4-6-16(19)26(27,28)29/h4-9,11H,10H2,1-3H3,(H2,30,36)(H,32,38). The molecule has 3 N–H and O–H groups in total. The summed E-state index contributed by atoms with van der Waals surface area (Å²) >= 11 is 0. The maximum atomic E-state index is 13.9. The lowest BCUT2D eigenvalue weighted by Gasteiger charge is -2.22. The summed E-state index contributed by atoms with van der Waals surface area (Å²) in [6.45, 7) is 3.39. The largest absolute Gasteiger partial charge is 0.418 e. The van der Waals surface area contributed by atoms with Crippen LogP contribution in [0.2, 0.25) is 0 Å². The Hall–Kier alpha value is -4.94. The quantitative estimate of drug-likeness (QED) is 0.324. The fraction of sp³-hybridized carbons (Fsp3) is 0.192. The first-order chi connectivity index (χ1) is 18.4. The molecule has 39 heavy (non-hydrogen) atoms. The van der Waals surface area contributed by atoms with Gasteiger partial charge in [-0.05, 0) is 38.1 Å². The van der Waals surface area contributed by atoms with E-state index in [-0.39, 0.29) is 27.8 Å². The number of H-pyrrole nitrogens is 1. The Morgan fingerprint density at radius 1 is 1.18 bits per heavy atom. The minimum absolute atomic E-state index is 0.129. The van der Waals surface area contributed by atoms with E-state index in [1.54, 1.807) is 19.9 Å². The van der Waals surface area contributed by atoms with Crippen LogP contribution in [-0.2, 0) is 15.8 Å². The molecule has 0 aliphatic heterocycles. The summed E-state index contributed by atoms with van der Waals surface area (Å²) in [7, 11) is 1.44. The van der Waals surface area contributed by atoms with Crippen molar-refractivity contribution in [2.24, 2.45) is 5.73 Å². The number of halogens is 3. The van der Waals surface area contributed by atoms with Gasteiger partial charge in [0.15, 0.2) is 0 Å². The summed E-state index contributed by atoms with van der Waals surface area (Å²) in [5.74, 6) is -1.01. The first-order valence-corrected chi connectivity index (χ1v) is 11.6. The highest BCUT2D eigenvalue weighted by Gasteiger charge is 2.35. The van der Waals surface area contributed by atoms with E-state index in [4.69, 9.17) is 10.3 Å². The number of aromatic nitrogens is 4. The number of carbonyl (C=O) groups is 2. The molecule has 0 fully saturated rings. The number of fused-ring (bicyclic) bond motifs is 3. The van der Waals surface area contributed by atoms with Crippen LogP contribution in [0, 0.1) is 13.8 Å². The highest BCUT2D eigenvalue weighted by Crippen LogP contribution is 2.40. The lowest BCUT2D eigenvalue weighted by molar-refractivity contribution is -0.137. The van der Waals surface area contributed by atoms with Crippen LogP contribution in [0.15, 0.2) is 51.9 Å². The predicted molar refractivity (Wildman–Crippen MR) is 136 cm³/mol. The van der Waals surface area contributed by atoms with E-state index in [9.17, 15) is 27.6 Å². The van der Waals surface area contributed by atoms with Gasteiger partial charge in [0.1, 0.15) is 12.2 Å². The summed E-state index contributed by atoms with van der Waals surface area (Å²) in [6, 6.07) is 7.88. The molecule has 0 unspecified atom stereocenters. The number of imidazole rings is 1. The van der Waals surface area contributed by atoms with Crippen LogP contribution in [0.3, 0.4) is 0 Å². The minimum Gasteiger partial charge on any atom is -0.369 e. The number of aromatic amines is 1. The third-order valence-electron chi connectivity index (χ3n) is 6.44. The zero-order chi connectivity index (χ0) is 28.2. The second-order valence-electron chi connectivity index (χ2n) is 8.98. The molecule has 5 rings (SSSR count). The van der Waals surface area contributed by atoms with Gasteiger partial charge in [0.25, 0.3) is 0 Å². The molecule has 3 heterocycles. The van der Waals surface area contributed by atoms with Gasteiger partial charge in [-0.25, -0.2) is 4.79 Å². The number of pyridine rings is 1. The number of hydrogen-bond donors (Lipinski definition) is 2. The molecule has 0 spiro atoms. The van der Waals surface area contributed by atoms with Crippen molar-refractivity contribution < 1.29 is 27.3 Å². The molecule has 0 saturated carbocycles. The summed E-state index contributed by atoms with van der Waals surface area (Å²) in [5, 5.41) is 4.26. The Labute approximate surface area is 217 Å². The van der Waals surface area contributed by atoms with Crippen LogP contribution in [0.4, 0.5) is 18.9 Å². The van der Waals surface area contributed by atoms with E-state index in [1.807, 2.05) is 0 Å². The molecule has 5 aromatic rings. The van der Waals surface area contributed by atoms with E-state index < -0.39 is 35.7 Å². The summed E-state index contributed by atoms with van der Waals surface area (Å²) < 4.78 is 47.9. The van der Waals surface area contributed by atoms with Crippen LogP contribution in [0.1, 0.15) is 23.4 Å². The van der Waals surface area contributed by atoms with E-state index in [0.29, 0.717) is 28.1 Å². The number of para-hydroxylation sites is 1. The zero-order valence-corrected chi connectivity index (χ0v) is 20.9. The fourth-order valence-corrected chi connectivity index (χ4v) is 4.70. The van der Waals surface area contributed by atoms with Crippen LogP contribution in [0.5, 0.6) is 0 Å².